The van der Waals surface area contributed by atoms with Crippen molar-refractivity contribution in [2.75, 3.05) is 13.2 Å². The molecule has 1 aromatic carbocycles. The van der Waals surface area contributed by atoms with Crippen LogP contribution in [0.2, 0.25) is 0 Å². The lowest BCUT2D eigenvalue weighted by Crippen LogP contribution is -2.25. The average molecular weight is 275 g/mol. The first-order valence-corrected chi connectivity index (χ1v) is 8.27. The van der Waals surface area contributed by atoms with E-state index in [2.05, 4.69) is 37.4 Å². The molecule has 1 atom stereocenters. The zero-order valence-electron chi connectivity index (χ0n) is 13.1. The summed E-state index contributed by atoms with van der Waals surface area (Å²) in [6.07, 6.45) is 8.77. The van der Waals surface area contributed by atoms with Crippen molar-refractivity contribution < 1.29 is 4.74 Å². The standard InChI is InChI=1S/C18H29NO/c1-3-19-15(2)8-6-7-13-20-18-12-11-16-9-4-5-10-17(16)14-18/h11-12,14-15,19H,3-10,13H2,1-2H3. The van der Waals surface area contributed by atoms with E-state index >= 15 is 0 Å². The second-order valence-electron chi connectivity index (χ2n) is 5.94. The van der Waals surface area contributed by atoms with Gasteiger partial charge in [-0.3, -0.25) is 0 Å². The predicted octanol–water partition coefficient (Wildman–Crippen LogP) is 4.11. The van der Waals surface area contributed by atoms with E-state index in [1.165, 1.54) is 49.7 Å². The van der Waals surface area contributed by atoms with Crippen LogP contribution < -0.4 is 10.1 Å². The molecular weight excluding hydrogens is 246 g/mol. The first kappa shape index (κ1) is 15.4. The Morgan fingerprint density at radius 2 is 1.95 bits per heavy atom. The summed E-state index contributed by atoms with van der Waals surface area (Å²) in [6.45, 7) is 6.33. The van der Waals surface area contributed by atoms with Gasteiger partial charge in [-0.2, -0.15) is 0 Å². The minimum atomic E-state index is 0.628. The number of aryl methyl sites for hydroxylation is 2. The fourth-order valence-electron chi connectivity index (χ4n) is 2.99. The van der Waals surface area contributed by atoms with Crippen molar-refractivity contribution in [1.29, 1.82) is 0 Å². The summed E-state index contributed by atoms with van der Waals surface area (Å²) in [5.41, 5.74) is 3.04. The Bertz CT molecular complexity index is 402. The SMILES string of the molecule is CCNC(C)CCCCOc1ccc2c(c1)CCCC2. The van der Waals surface area contributed by atoms with E-state index in [1.54, 1.807) is 0 Å². The Kier molecular flexibility index (Phi) is 6.38. The van der Waals surface area contributed by atoms with Crippen LogP contribution in [0.3, 0.4) is 0 Å². The third kappa shape index (κ3) is 4.82. The van der Waals surface area contributed by atoms with E-state index in [0.29, 0.717) is 6.04 Å². The first-order valence-electron chi connectivity index (χ1n) is 8.27. The molecule has 0 amide bonds. The summed E-state index contributed by atoms with van der Waals surface area (Å²) >= 11 is 0. The molecule has 20 heavy (non-hydrogen) atoms. The zero-order chi connectivity index (χ0) is 14.2. The number of benzene rings is 1. The molecule has 1 aliphatic carbocycles. The maximum Gasteiger partial charge on any atom is 0.119 e. The van der Waals surface area contributed by atoms with E-state index in [9.17, 15) is 0 Å². The maximum atomic E-state index is 5.89. The van der Waals surface area contributed by atoms with Gasteiger partial charge in [0, 0.05) is 6.04 Å². The molecule has 0 fully saturated rings. The summed E-state index contributed by atoms with van der Waals surface area (Å²) in [6, 6.07) is 7.29. The zero-order valence-corrected chi connectivity index (χ0v) is 13.1. The lowest BCUT2D eigenvalue weighted by Gasteiger charge is -2.17. The van der Waals surface area contributed by atoms with Crippen LogP contribution in [0, 0.1) is 0 Å². The third-order valence-corrected chi connectivity index (χ3v) is 4.17. The normalized spacial score (nSPS) is 15.7. The summed E-state index contributed by atoms with van der Waals surface area (Å²) < 4.78 is 5.89. The smallest absolute Gasteiger partial charge is 0.119 e. The van der Waals surface area contributed by atoms with Gasteiger partial charge in [0.15, 0.2) is 0 Å². The minimum Gasteiger partial charge on any atom is -0.494 e. The Labute approximate surface area is 123 Å². The Hall–Kier alpha value is -1.02. The molecule has 2 heteroatoms. The van der Waals surface area contributed by atoms with Crippen LogP contribution in [0.4, 0.5) is 0 Å². The monoisotopic (exact) mass is 275 g/mol. The topological polar surface area (TPSA) is 21.3 Å². The van der Waals surface area contributed by atoms with Crippen LogP contribution >= 0.6 is 0 Å². The van der Waals surface area contributed by atoms with E-state index in [0.717, 1.165) is 25.3 Å². The van der Waals surface area contributed by atoms with E-state index in [4.69, 9.17) is 4.74 Å². The fraction of sp³-hybridized carbons (Fsp3) is 0.667. The molecule has 0 spiro atoms. The third-order valence-electron chi connectivity index (χ3n) is 4.17. The van der Waals surface area contributed by atoms with Gasteiger partial charge in [0.25, 0.3) is 0 Å². The number of hydrogen-bond acceptors (Lipinski definition) is 2. The highest BCUT2D eigenvalue weighted by Gasteiger charge is 2.09. The van der Waals surface area contributed by atoms with Gasteiger partial charge >= 0.3 is 0 Å². The summed E-state index contributed by atoms with van der Waals surface area (Å²) in [5, 5.41) is 3.45. The molecule has 0 aliphatic heterocycles. The van der Waals surface area contributed by atoms with Crippen molar-refractivity contribution in [2.24, 2.45) is 0 Å². The highest BCUT2D eigenvalue weighted by Crippen LogP contribution is 2.25. The summed E-state index contributed by atoms with van der Waals surface area (Å²) in [7, 11) is 0. The van der Waals surface area contributed by atoms with Gasteiger partial charge in [-0.05, 0) is 81.7 Å². The van der Waals surface area contributed by atoms with Crippen molar-refractivity contribution >= 4 is 0 Å². The van der Waals surface area contributed by atoms with Gasteiger partial charge in [0.1, 0.15) is 5.75 Å². The molecule has 1 aliphatic rings. The highest BCUT2D eigenvalue weighted by molar-refractivity contribution is 5.37. The molecule has 0 saturated heterocycles. The Morgan fingerprint density at radius 3 is 2.75 bits per heavy atom. The van der Waals surface area contributed by atoms with Gasteiger partial charge in [-0.25, -0.2) is 0 Å². The largest absolute Gasteiger partial charge is 0.494 e. The van der Waals surface area contributed by atoms with E-state index in [1.807, 2.05) is 0 Å². The van der Waals surface area contributed by atoms with Crippen molar-refractivity contribution in [1.82, 2.24) is 5.32 Å². The van der Waals surface area contributed by atoms with Gasteiger partial charge in [0.05, 0.1) is 6.61 Å². The van der Waals surface area contributed by atoms with Crippen molar-refractivity contribution in [3.8, 4) is 5.75 Å². The van der Waals surface area contributed by atoms with Crippen LogP contribution in [0.15, 0.2) is 18.2 Å². The molecule has 0 radical (unpaired) electrons. The Morgan fingerprint density at radius 1 is 1.15 bits per heavy atom. The fourth-order valence-corrected chi connectivity index (χ4v) is 2.99. The Balaban J connectivity index is 1.67. The minimum absolute atomic E-state index is 0.628. The summed E-state index contributed by atoms with van der Waals surface area (Å²) in [5.74, 6) is 1.06. The molecule has 0 aromatic heterocycles. The van der Waals surface area contributed by atoms with Crippen LogP contribution in [0.5, 0.6) is 5.75 Å². The molecule has 1 unspecified atom stereocenters. The van der Waals surface area contributed by atoms with E-state index in [-0.39, 0.29) is 0 Å². The molecule has 2 rings (SSSR count). The quantitative estimate of drug-likeness (QED) is 0.721. The van der Waals surface area contributed by atoms with Crippen LogP contribution in [0.1, 0.15) is 57.1 Å². The number of fused-ring (bicyclic) bond motifs is 1. The number of nitrogens with one attached hydrogen (secondary N) is 1. The lowest BCUT2D eigenvalue weighted by atomic mass is 9.92. The van der Waals surface area contributed by atoms with Gasteiger partial charge in [0.2, 0.25) is 0 Å². The first-order chi connectivity index (χ1) is 9.79. The number of unbranched alkanes of at least 4 members (excludes halogenated alkanes) is 1. The molecule has 1 N–H and O–H groups in total. The van der Waals surface area contributed by atoms with Gasteiger partial charge in [-0.15, -0.1) is 0 Å². The second-order valence-corrected chi connectivity index (χ2v) is 5.94. The molecule has 1 aromatic rings. The van der Waals surface area contributed by atoms with E-state index < -0.39 is 0 Å². The molecule has 2 nitrogen and oxygen atoms in total. The molecule has 112 valence electrons. The average Bonchev–Trinajstić information content (AvgIpc) is 2.47. The molecular formula is C18H29NO. The molecule has 0 heterocycles. The number of hydrogen-bond donors (Lipinski definition) is 1. The second kappa shape index (κ2) is 8.31. The number of ether oxygens (including phenoxy) is 1. The van der Waals surface area contributed by atoms with Crippen LogP contribution in [-0.2, 0) is 12.8 Å². The maximum absolute atomic E-state index is 5.89. The summed E-state index contributed by atoms with van der Waals surface area (Å²) in [4.78, 5) is 0. The van der Waals surface area contributed by atoms with Gasteiger partial charge < -0.3 is 10.1 Å². The highest BCUT2D eigenvalue weighted by atomic mass is 16.5. The van der Waals surface area contributed by atoms with Gasteiger partial charge in [-0.1, -0.05) is 13.0 Å². The lowest BCUT2D eigenvalue weighted by molar-refractivity contribution is 0.301. The molecule has 0 saturated carbocycles. The van der Waals surface area contributed by atoms with Crippen LogP contribution in [0.25, 0.3) is 0 Å². The number of rotatable bonds is 8. The van der Waals surface area contributed by atoms with Crippen molar-refractivity contribution in [3.05, 3.63) is 29.3 Å². The van der Waals surface area contributed by atoms with Crippen LogP contribution in [-0.4, -0.2) is 19.2 Å². The molecule has 0 bridgehead atoms. The predicted molar refractivity (Wildman–Crippen MR) is 85.6 cm³/mol. The van der Waals surface area contributed by atoms with Crippen molar-refractivity contribution in [2.45, 2.75) is 64.8 Å². The van der Waals surface area contributed by atoms with Crippen molar-refractivity contribution in [3.63, 3.8) is 0 Å².